The second-order valence-corrected chi connectivity index (χ2v) is 6.58. The standard InChI is InChI=1S/C20H27N3S/c1-4-5-6-16-7-11-18(12-8-16)22-20(24)21-15-17-9-13-19(14-10-17)23(2)3/h7-14H,4-6,15H2,1-3H3,(H2,21,22,24). The van der Waals surface area contributed by atoms with E-state index >= 15 is 0 Å². The number of unbranched alkanes of at least 4 members (excludes halogenated alkanes) is 1. The first-order valence-corrected chi connectivity index (χ1v) is 8.89. The SMILES string of the molecule is CCCCc1ccc(NC(=S)NCc2ccc(N(C)C)cc2)cc1. The van der Waals surface area contributed by atoms with Gasteiger partial charge in [0.2, 0.25) is 0 Å². The molecule has 2 rings (SSSR count). The number of rotatable bonds is 7. The van der Waals surface area contributed by atoms with Crippen molar-refractivity contribution in [1.82, 2.24) is 5.32 Å². The molecule has 2 aromatic carbocycles. The van der Waals surface area contributed by atoms with Crippen LogP contribution in [0.1, 0.15) is 30.9 Å². The van der Waals surface area contributed by atoms with E-state index in [9.17, 15) is 0 Å². The van der Waals surface area contributed by atoms with E-state index in [2.05, 4.69) is 71.0 Å². The summed E-state index contributed by atoms with van der Waals surface area (Å²) in [5, 5.41) is 7.14. The zero-order chi connectivity index (χ0) is 17.4. The molecular formula is C20H27N3S. The van der Waals surface area contributed by atoms with Gasteiger partial charge in [-0.25, -0.2) is 0 Å². The fourth-order valence-electron chi connectivity index (χ4n) is 2.41. The summed E-state index contributed by atoms with van der Waals surface area (Å²) in [6.07, 6.45) is 3.60. The molecule has 2 aromatic rings. The van der Waals surface area contributed by atoms with Crippen molar-refractivity contribution < 1.29 is 0 Å². The Kier molecular flexibility index (Phi) is 7.07. The lowest BCUT2D eigenvalue weighted by molar-refractivity contribution is 0.795. The predicted octanol–water partition coefficient (Wildman–Crippen LogP) is 4.58. The largest absolute Gasteiger partial charge is 0.378 e. The molecule has 0 atom stereocenters. The smallest absolute Gasteiger partial charge is 0.171 e. The van der Waals surface area contributed by atoms with Crippen LogP contribution >= 0.6 is 12.2 Å². The summed E-state index contributed by atoms with van der Waals surface area (Å²) in [4.78, 5) is 2.09. The molecule has 0 unspecified atom stereocenters. The Morgan fingerprint density at radius 1 is 0.958 bits per heavy atom. The van der Waals surface area contributed by atoms with Gasteiger partial charge in [0.15, 0.2) is 5.11 Å². The Labute approximate surface area is 151 Å². The van der Waals surface area contributed by atoms with Crippen LogP contribution in [-0.2, 0) is 13.0 Å². The molecule has 0 aromatic heterocycles. The molecule has 0 saturated carbocycles. The molecule has 0 spiro atoms. The minimum atomic E-state index is 0.646. The lowest BCUT2D eigenvalue weighted by Gasteiger charge is -2.14. The number of nitrogens with one attached hydrogen (secondary N) is 2. The van der Waals surface area contributed by atoms with Crippen LogP contribution in [0.4, 0.5) is 11.4 Å². The van der Waals surface area contributed by atoms with E-state index in [1.165, 1.54) is 29.7 Å². The average molecular weight is 342 g/mol. The van der Waals surface area contributed by atoms with Gasteiger partial charge in [-0.15, -0.1) is 0 Å². The highest BCUT2D eigenvalue weighted by molar-refractivity contribution is 7.80. The Hall–Kier alpha value is -2.07. The van der Waals surface area contributed by atoms with Gasteiger partial charge in [-0.3, -0.25) is 0 Å². The van der Waals surface area contributed by atoms with E-state index < -0.39 is 0 Å². The highest BCUT2D eigenvalue weighted by atomic mass is 32.1. The first-order valence-electron chi connectivity index (χ1n) is 8.48. The van der Waals surface area contributed by atoms with Crippen LogP contribution in [0.3, 0.4) is 0 Å². The molecule has 0 fully saturated rings. The van der Waals surface area contributed by atoms with E-state index in [-0.39, 0.29) is 0 Å². The van der Waals surface area contributed by atoms with Gasteiger partial charge in [-0.1, -0.05) is 37.6 Å². The van der Waals surface area contributed by atoms with Gasteiger partial charge in [0, 0.05) is 32.0 Å². The van der Waals surface area contributed by atoms with E-state index in [1.54, 1.807) is 0 Å². The molecular weight excluding hydrogens is 314 g/mol. The number of thiocarbonyl (C=S) groups is 1. The van der Waals surface area contributed by atoms with Gasteiger partial charge in [-0.2, -0.15) is 0 Å². The Morgan fingerprint density at radius 2 is 1.58 bits per heavy atom. The van der Waals surface area contributed by atoms with E-state index in [4.69, 9.17) is 12.2 Å². The maximum absolute atomic E-state index is 5.37. The van der Waals surface area contributed by atoms with Gasteiger partial charge in [0.05, 0.1) is 0 Å². The van der Waals surface area contributed by atoms with Crippen molar-refractivity contribution in [1.29, 1.82) is 0 Å². The van der Waals surface area contributed by atoms with Crippen LogP contribution in [0.25, 0.3) is 0 Å². The van der Waals surface area contributed by atoms with Crippen molar-refractivity contribution in [3.05, 3.63) is 59.7 Å². The van der Waals surface area contributed by atoms with Crippen LogP contribution in [0.2, 0.25) is 0 Å². The minimum Gasteiger partial charge on any atom is -0.378 e. The summed E-state index contributed by atoms with van der Waals surface area (Å²) in [5.41, 5.74) is 4.81. The topological polar surface area (TPSA) is 27.3 Å². The third kappa shape index (κ3) is 5.85. The summed E-state index contributed by atoms with van der Waals surface area (Å²) >= 11 is 5.37. The van der Waals surface area contributed by atoms with Crippen LogP contribution in [0.15, 0.2) is 48.5 Å². The van der Waals surface area contributed by atoms with Gasteiger partial charge in [0.25, 0.3) is 0 Å². The van der Waals surface area contributed by atoms with Gasteiger partial charge in [-0.05, 0) is 60.5 Å². The predicted molar refractivity (Wildman–Crippen MR) is 109 cm³/mol. The van der Waals surface area contributed by atoms with E-state index in [1.807, 2.05) is 14.1 Å². The van der Waals surface area contributed by atoms with Crippen LogP contribution in [0, 0.1) is 0 Å². The minimum absolute atomic E-state index is 0.646. The molecule has 24 heavy (non-hydrogen) atoms. The molecule has 0 aliphatic rings. The number of nitrogens with zero attached hydrogens (tertiary/aromatic N) is 1. The first-order chi connectivity index (χ1) is 11.6. The summed E-state index contributed by atoms with van der Waals surface area (Å²) in [6.45, 7) is 2.93. The molecule has 0 bridgehead atoms. The Morgan fingerprint density at radius 3 is 2.17 bits per heavy atom. The number of anilines is 2. The maximum atomic E-state index is 5.37. The molecule has 2 N–H and O–H groups in total. The molecule has 3 nitrogen and oxygen atoms in total. The first kappa shape index (κ1) is 18.3. The van der Waals surface area contributed by atoms with Gasteiger partial charge < -0.3 is 15.5 Å². The summed E-state index contributed by atoms with van der Waals surface area (Å²) in [7, 11) is 4.08. The second-order valence-electron chi connectivity index (χ2n) is 6.17. The zero-order valence-electron chi connectivity index (χ0n) is 14.8. The maximum Gasteiger partial charge on any atom is 0.171 e. The highest BCUT2D eigenvalue weighted by Crippen LogP contribution is 2.13. The van der Waals surface area contributed by atoms with Crippen molar-refractivity contribution in [2.45, 2.75) is 32.7 Å². The van der Waals surface area contributed by atoms with Gasteiger partial charge >= 0.3 is 0 Å². The third-order valence-electron chi connectivity index (χ3n) is 3.94. The number of hydrogen-bond donors (Lipinski definition) is 2. The van der Waals surface area contributed by atoms with Crippen molar-refractivity contribution in [3.63, 3.8) is 0 Å². The summed E-state index contributed by atoms with van der Waals surface area (Å²) in [6, 6.07) is 17.0. The fraction of sp³-hybridized carbons (Fsp3) is 0.350. The molecule has 0 radical (unpaired) electrons. The molecule has 4 heteroatoms. The molecule has 0 amide bonds. The van der Waals surface area contributed by atoms with Crippen LogP contribution in [-0.4, -0.2) is 19.2 Å². The number of benzene rings is 2. The second kappa shape index (κ2) is 9.28. The molecule has 128 valence electrons. The zero-order valence-corrected chi connectivity index (χ0v) is 15.6. The van der Waals surface area contributed by atoms with Crippen molar-refractivity contribution in [2.75, 3.05) is 24.3 Å². The van der Waals surface area contributed by atoms with E-state index in [0.717, 1.165) is 12.1 Å². The molecule has 0 aliphatic heterocycles. The highest BCUT2D eigenvalue weighted by Gasteiger charge is 2.00. The Bertz CT molecular complexity index is 633. The quantitative estimate of drug-likeness (QED) is 0.721. The lowest BCUT2D eigenvalue weighted by Crippen LogP contribution is -2.27. The van der Waals surface area contributed by atoms with E-state index in [0.29, 0.717) is 11.7 Å². The van der Waals surface area contributed by atoms with Crippen molar-refractivity contribution in [2.24, 2.45) is 0 Å². The van der Waals surface area contributed by atoms with Crippen molar-refractivity contribution >= 4 is 28.7 Å². The van der Waals surface area contributed by atoms with Crippen LogP contribution in [0.5, 0.6) is 0 Å². The third-order valence-corrected chi connectivity index (χ3v) is 4.18. The number of hydrogen-bond acceptors (Lipinski definition) is 2. The molecule has 0 aliphatic carbocycles. The van der Waals surface area contributed by atoms with Crippen molar-refractivity contribution in [3.8, 4) is 0 Å². The molecule has 0 heterocycles. The molecule has 0 saturated heterocycles. The monoisotopic (exact) mass is 341 g/mol. The normalized spacial score (nSPS) is 10.3. The average Bonchev–Trinajstić information content (AvgIpc) is 2.59. The fourth-order valence-corrected chi connectivity index (χ4v) is 2.60. The summed E-state index contributed by atoms with van der Waals surface area (Å²) < 4.78 is 0. The Balaban J connectivity index is 1.80. The van der Waals surface area contributed by atoms with Crippen LogP contribution < -0.4 is 15.5 Å². The lowest BCUT2D eigenvalue weighted by atomic mass is 10.1. The van der Waals surface area contributed by atoms with Gasteiger partial charge in [0.1, 0.15) is 0 Å². The summed E-state index contributed by atoms with van der Waals surface area (Å²) in [5.74, 6) is 0. The number of aryl methyl sites for hydroxylation is 1.